The van der Waals surface area contributed by atoms with Crippen molar-refractivity contribution in [3.63, 3.8) is 0 Å². The van der Waals surface area contributed by atoms with Gasteiger partial charge in [-0.05, 0) is 31.2 Å². The number of pyridine rings is 1. The van der Waals surface area contributed by atoms with Crippen molar-refractivity contribution in [1.29, 1.82) is 0 Å². The molecule has 1 N–H and O–H groups in total. The number of hydrogen-bond donors (Lipinski definition) is 1. The summed E-state index contributed by atoms with van der Waals surface area (Å²) in [6, 6.07) is 2.00. The molecule has 1 aliphatic heterocycles. The summed E-state index contributed by atoms with van der Waals surface area (Å²) in [5, 5.41) is 5.26. The molecule has 0 bridgehead atoms. The SMILES string of the molecule is C=c1cc(C=C(C)C)nc(N2CCNCC2)c1=C. The largest absolute Gasteiger partial charge is 0.354 e. The van der Waals surface area contributed by atoms with Crippen LogP contribution in [-0.4, -0.2) is 31.2 Å². The molecule has 3 nitrogen and oxygen atoms in total. The minimum absolute atomic E-state index is 0.947. The first-order valence-corrected chi connectivity index (χ1v) is 6.37. The summed E-state index contributed by atoms with van der Waals surface area (Å²) in [5.74, 6) is 0.983. The van der Waals surface area contributed by atoms with E-state index in [1.54, 1.807) is 0 Å². The van der Waals surface area contributed by atoms with Crippen LogP contribution in [0.3, 0.4) is 0 Å². The Morgan fingerprint density at radius 2 is 2.00 bits per heavy atom. The monoisotopic (exact) mass is 243 g/mol. The Balaban J connectivity index is 2.45. The van der Waals surface area contributed by atoms with Crippen molar-refractivity contribution in [2.45, 2.75) is 13.8 Å². The van der Waals surface area contributed by atoms with Gasteiger partial charge in [0, 0.05) is 31.4 Å². The Kier molecular flexibility index (Phi) is 3.82. The second-order valence-electron chi connectivity index (χ2n) is 4.97. The maximum Gasteiger partial charge on any atom is 0.136 e. The van der Waals surface area contributed by atoms with E-state index in [1.807, 2.05) is 6.07 Å². The molecular weight excluding hydrogens is 222 g/mol. The lowest BCUT2D eigenvalue weighted by molar-refractivity contribution is 0.584. The predicted octanol–water partition coefficient (Wildman–Crippen LogP) is 0.735. The van der Waals surface area contributed by atoms with Gasteiger partial charge in [-0.25, -0.2) is 4.98 Å². The molecule has 0 amide bonds. The summed E-state index contributed by atoms with van der Waals surface area (Å²) < 4.78 is 0. The molecule has 0 radical (unpaired) electrons. The van der Waals surface area contributed by atoms with E-state index in [2.05, 4.69) is 43.3 Å². The molecular formula is C15H21N3. The molecule has 3 heteroatoms. The number of nitrogens with one attached hydrogen (secondary N) is 1. The Labute approximate surface area is 109 Å². The van der Waals surface area contributed by atoms with E-state index >= 15 is 0 Å². The third kappa shape index (κ3) is 2.79. The van der Waals surface area contributed by atoms with Crippen LogP contribution < -0.4 is 20.7 Å². The molecule has 96 valence electrons. The standard InChI is InChI=1S/C15H21N3/c1-11(2)9-14-10-12(3)13(4)15(17-14)18-7-5-16-6-8-18/h9-10,16H,3-8H2,1-2H3. The Morgan fingerprint density at radius 3 is 2.61 bits per heavy atom. The number of anilines is 1. The highest BCUT2D eigenvalue weighted by Crippen LogP contribution is 2.07. The zero-order valence-corrected chi connectivity index (χ0v) is 11.3. The Morgan fingerprint density at radius 1 is 1.33 bits per heavy atom. The van der Waals surface area contributed by atoms with Gasteiger partial charge in [-0.1, -0.05) is 18.7 Å². The van der Waals surface area contributed by atoms with Crippen LogP contribution in [0.5, 0.6) is 0 Å². The molecule has 1 aliphatic rings. The first kappa shape index (κ1) is 12.8. The number of hydrogen-bond acceptors (Lipinski definition) is 3. The smallest absolute Gasteiger partial charge is 0.136 e. The van der Waals surface area contributed by atoms with Gasteiger partial charge in [0.2, 0.25) is 0 Å². The van der Waals surface area contributed by atoms with Crippen LogP contribution in [-0.2, 0) is 0 Å². The van der Waals surface area contributed by atoms with Gasteiger partial charge in [0.15, 0.2) is 0 Å². The van der Waals surface area contributed by atoms with E-state index in [0.29, 0.717) is 0 Å². The zero-order chi connectivity index (χ0) is 13.1. The highest BCUT2D eigenvalue weighted by atomic mass is 15.2. The molecule has 2 rings (SSSR count). The van der Waals surface area contributed by atoms with Crippen LogP contribution >= 0.6 is 0 Å². The average Bonchev–Trinajstić information content (AvgIpc) is 2.34. The van der Waals surface area contributed by atoms with E-state index in [1.165, 1.54) is 5.57 Å². The molecule has 18 heavy (non-hydrogen) atoms. The van der Waals surface area contributed by atoms with Crippen LogP contribution in [0.4, 0.5) is 5.82 Å². The Bertz CT molecular complexity index is 550. The summed E-state index contributed by atoms with van der Waals surface area (Å²) in [4.78, 5) is 7.00. The normalized spacial score (nSPS) is 15.6. The predicted molar refractivity (Wildman–Crippen MR) is 78.9 cm³/mol. The summed E-state index contributed by atoms with van der Waals surface area (Å²) in [5.41, 5.74) is 2.21. The molecule has 0 aromatic carbocycles. The highest BCUT2D eigenvalue weighted by molar-refractivity contribution is 5.53. The number of nitrogens with zero attached hydrogens (tertiary/aromatic N) is 2. The lowest BCUT2D eigenvalue weighted by Crippen LogP contribution is -2.47. The first-order valence-electron chi connectivity index (χ1n) is 6.37. The molecule has 1 aromatic rings. The quantitative estimate of drug-likeness (QED) is 0.830. The van der Waals surface area contributed by atoms with Crippen LogP contribution in [0.25, 0.3) is 19.2 Å². The van der Waals surface area contributed by atoms with E-state index in [0.717, 1.165) is 48.1 Å². The van der Waals surface area contributed by atoms with Crippen molar-refractivity contribution >= 4 is 25.1 Å². The van der Waals surface area contributed by atoms with Gasteiger partial charge in [0.05, 0.1) is 5.69 Å². The fourth-order valence-corrected chi connectivity index (χ4v) is 2.14. The van der Waals surface area contributed by atoms with Gasteiger partial charge in [-0.15, -0.1) is 0 Å². The number of aromatic nitrogens is 1. The minimum Gasteiger partial charge on any atom is -0.354 e. The third-order valence-electron chi connectivity index (χ3n) is 3.07. The fourth-order valence-electron chi connectivity index (χ4n) is 2.14. The molecule has 1 aromatic heterocycles. The summed E-state index contributed by atoms with van der Waals surface area (Å²) >= 11 is 0. The topological polar surface area (TPSA) is 28.2 Å². The molecule has 0 saturated carbocycles. The van der Waals surface area contributed by atoms with Crippen LogP contribution in [0.1, 0.15) is 19.5 Å². The zero-order valence-electron chi connectivity index (χ0n) is 11.3. The maximum absolute atomic E-state index is 4.72. The first-order chi connectivity index (χ1) is 8.58. The van der Waals surface area contributed by atoms with E-state index in [-0.39, 0.29) is 0 Å². The van der Waals surface area contributed by atoms with Crippen molar-refractivity contribution in [3.05, 3.63) is 27.8 Å². The summed E-state index contributed by atoms with van der Waals surface area (Å²) in [6.07, 6.45) is 2.08. The van der Waals surface area contributed by atoms with Crippen LogP contribution in [0, 0.1) is 0 Å². The maximum atomic E-state index is 4.72. The molecule has 1 fully saturated rings. The average molecular weight is 243 g/mol. The van der Waals surface area contributed by atoms with Crippen molar-refractivity contribution in [1.82, 2.24) is 10.3 Å². The van der Waals surface area contributed by atoms with Gasteiger partial charge in [-0.2, -0.15) is 0 Å². The summed E-state index contributed by atoms with van der Waals surface area (Å²) in [6.45, 7) is 16.3. The van der Waals surface area contributed by atoms with Crippen molar-refractivity contribution < 1.29 is 0 Å². The minimum atomic E-state index is 0.947. The van der Waals surface area contributed by atoms with E-state index < -0.39 is 0 Å². The third-order valence-corrected chi connectivity index (χ3v) is 3.07. The molecule has 0 spiro atoms. The molecule has 0 aliphatic carbocycles. The molecule has 0 atom stereocenters. The second-order valence-corrected chi connectivity index (χ2v) is 4.97. The van der Waals surface area contributed by atoms with Gasteiger partial charge < -0.3 is 10.2 Å². The molecule has 0 unspecified atom stereocenters. The van der Waals surface area contributed by atoms with Gasteiger partial charge in [0.1, 0.15) is 5.82 Å². The lowest BCUT2D eigenvalue weighted by Gasteiger charge is -2.29. The van der Waals surface area contributed by atoms with Crippen LogP contribution in [0.2, 0.25) is 0 Å². The molecule has 2 heterocycles. The fraction of sp³-hybridized carbons (Fsp3) is 0.400. The molecule has 1 saturated heterocycles. The second kappa shape index (κ2) is 5.36. The highest BCUT2D eigenvalue weighted by Gasteiger charge is 2.13. The van der Waals surface area contributed by atoms with Gasteiger partial charge in [-0.3, -0.25) is 0 Å². The number of allylic oxidation sites excluding steroid dienone is 1. The van der Waals surface area contributed by atoms with Gasteiger partial charge >= 0.3 is 0 Å². The van der Waals surface area contributed by atoms with Crippen molar-refractivity contribution in [3.8, 4) is 0 Å². The summed E-state index contributed by atoms with van der Waals surface area (Å²) in [7, 11) is 0. The van der Waals surface area contributed by atoms with Gasteiger partial charge in [0.25, 0.3) is 0 Å². The van der Waals surface area contributed by atoms with E-state index in [9.17, 15) is 0 Å². The lowest BCUT2D eigenvalue weighted by atomic mass is 10.2. The van der Waals surface area contributed by atoms with Crippen molar-refractivity contribution in [2.75, 3.05) is 31.1 Å². The number of piperazine rings is 1. The number of rotatable bonds is 2. The Hall–Kier alpha value is -1.61. The van der Waals surface area contributed by atoms with E-state index in [4.69, 9.17) is 4.98 Å². The van der Waals surface area contributed by atoms with Crippen LogP contribution in [0.15, 0.2) is 11.6 Å². The van der Waals surface area contributed by atoms with Crippen molar-refractivity contribution in [2.24, 2.45) is 0 Å².